The molecule has 27 heavy (non-hydrogen) atoms. The Morgan fingerprint density at radius 1 is 1.26 bits per heavy atom. The van der Waals surface area contributed by atoms with Crippen LogP contribution in [0, 0.1) is 0 Å². The van der Waals surface area contributed by atoms with E-state index in [2.05, 4.69) is 37.9 Å². The average Bonchev–Trinajstić information content (AvgIpc) is 2.63. The Kier molecular flexibility index (Phi) is 4.78. The van der Waals surface area contributed by atoms with Crippen molar-refractivity contribution >= 4 is 38.5 Å². The molecule has 0 saturated carbocycles. The predicted molar refractivity (Wildman–Crippen MR) is 111 cm³/mol. The molecule has 1 fully saturated rings. The Balaban J connectivity index is 1.61. The molecule has 0 N–H and O–H groups in total. The van der Waals surface area contributed by atoms with Crippen LogP contribution >= 0.6 is 15.9 Å². The quantitative estimate of drug-likeness (QED) is 0.652. The summed E-state index contributed by atoms with van der Waals surface area (Å²) in [5.41, 5.74) is 2.10. The molecule has 144 valence electrons. The predicted octanol–water partition coefficient (Wildman–Crippen LogP) is 4.76. The SMILES string of the molecule is CC(C)(C)OC(=O)N1CCCC(N2CCc3cncc4c(Br)ccc2c34)C1. The van der Waals surface area contributed by atoms with Crippen molar-refractivity contribution in [3.63, 3.8) is 0 Å². The molecule has 0 spiro atoms. The third kappa shape index (κ3) is 3.64. The summed E-state index contributed by atoms with van der Waals surface area (Å²) in [5, 5.41) is 2.45. The standard InChI is InChI=1S/C21H26BrN3O2/c1-21(2,3)27-20(26)24-9-4-5-15(13-24)25-10-8-14-11-23-12-16-17(22)6-7-18(25)19(14)16/h6-7,11-12,15H,4-5,8-10,13H2,1-3H3. The number of anilines is 1. The highest BCUT2D eigenvalue weighted by Crippen LogP contribution is 2.39. The van der Waals surface area contributed by atoms with Gasteiger partial charge in [0.15, 0.2) is 0 Å². The Hall–Kier alpha value is -1.82. The molecule has 2 aromatic rings. The molecule has 1 saturated heterocycles. The van der Waals surface area contributed by atoms with Gasteiger partial charge in [0, 0.05) is 59.0 Å². The minimum atomic E-state index is -0.459. The third-order valence-corrected chi connectivity index (χ3v) is 6.04. The van der Waals surface area contributed by atoms with Crippen LogP contribution in [0.3, 0.4) is 0 Å². The zero-order valence-corrected chi connectivity index (χ0v) is 17.8. The van der Waals surface area contributed by atoms with Crippen molar-refractivity contribution in [2.24, 2.45) is 0 Å². The number of amides is 1. The Bertz CT molecular complexity index is 878. The summed E-state index contributed by atoms with van der Waals surface area (Å²) in [6.45, 7) is 8.20. The number of ether oxygens (including phenoxy) is 1. The molecule has 2 aliphatic heterocycles. The van der Waals surface area contributed by atoms with E-state index in [1.54, 1.807) is 0 Å². The van der Waals surface area contributed by atoms with Crippen LogP contribution in [0.1, 0.15) is 39.2 Å². The molecule has 1 atom stereocenters. The number of carbonyl (C=O) groups is 1. The minimum Gasteiger partial charge on any atom is -0.444 e. The van der Waals surface area contributed by atoms with E-state index in [9.17, 15) is 4.79 Å². The van der Waals surface area contributed by atoms with Gasteiger partial charge in [0.05, 0.1) is 0 Å². The molecule has 0 aliphatic carbocycles. The second kappa shape index (κ2) is 6.97. The van der Waals surface area contributed by atoms with Gasteiger partial charge in [-0.3, -0.25) is 4.98 Å². The topological polar surface area (TPSA) is 45.7 Å². The van der Waals surface area contributed by atoms with Gasteiger partial charge in [-0.2, -0.15) is 0 Å². The van der Waals surface area contributed by atoms with E-state index in [0.717, 1.165) is 42.2 Å². The fourth-order valence-electron chi connectivity index (χ4n) is 4.18. The second-order valence-electron chi connectivity index (χ2n) is 8.45. The van der Waals surface area contributed by atoms with Gasteiger partial charge in [-0.15, -0.1) is 0 Å². The maximum Gasteiger partial charge on any atom is 0.410 e. The van der Waals surface area contributed by atoms with Crippen molar-refractivity contribution in [2.75, 3.05) is 24.5 Å². The first-order valence-electron chi connectivity index (χ1n) is 9.63. The number of benzene rings is 1. The lowest BCUT2D eigenvalue weighted by molar-refractivity contribution is 0.0198. The van der Waals surface area contributed by atoms with Gasteiger partial charge in [0.25, 0.3) is 0 Å². The number of halogens is 1. The van der Waals surface area contributed by atoms with E-state index in [-0.39, 0.29) is 6.09 Å². The van der Waals surface area contributed by atoms with Gasteiger partial charge in [0.2, 0.25) is 0 Å². The monoisotopic (exact) mass is 431 g/mol. The summed E-state index contributed by atoms with van der Waals surface area (Å²) in [4.78, 5) is 21.3. The molecule has 2 aliphatic rings. The molecule has 1 unspecified atom stereocenters. The van der Waals surface area contributed by atoms with Crippen molar-refractivity contribution in [3.05, 3.63) is 34.6 Å². The third-order valence-electron chi connectivity index (χ3n) is 5.35. The van der Waals surface area contributed by atoms with E-state index in [1.807, 2.05) is 38.1 Å². The van der Waals surface area contributed by atoms with Gasteiger partial charge in [-0.25, -0.2) is 4.79 Å². The molecule has 0 bridgehead atoms. The molecule has 6 heteroatoms. The van der Waals surface area contributed by atoms with Crippen LogP contribution in [-0.2, 0) is 11.2 Å². The zero-order valence-electron chi connectivity index (χ0n) is 16.2. The first-order valence-corrected chi connectivity index (χ1v) is 10.4. The summed E-state index contributed by atoms with van der Waals surface area (Å²) in [6.07, 6.45) is 6.81. The number of likely N-dealkylation sites (tertiary alicyclic amines) is 1. The van der Waals surface area contributed by atoms with Crippen LogP contribution in [0.15, 0.2) is 29.0 Å². The highest BCUT2D eigenvalue weighted by Gasteiger charge is 2.32. The van der Waals surface area contributed by atoms with E-state index in [0.29, 0.717) is 12.6 Å². The Morgan fingerprint density at radius 3 is 2.85 bits per heavy atom. The highest BCUT2D eigenvalue weighted by atomic mass is 79.9. The second-order valence-corrected chi connectivity index (χ2v) is 9.31. The molecule has 1 aromatic carbocycles. The fraction of sp³-hybridized carbons (Fsp3) is 0.524. The van der Waals surface area contributed by atoms with Crippen molar-refractivity contribution in [2.45, 2.75) is 51.7 Å². The summed E-state index contributed by atoms with van der Waals surface area (Å²) >= 11 is 3.66. The lowest BCUT2D eigenvalue weighted by Crippen LogP contribution is -2.52. The molecule has 1 aromatic heterocycles. The van der Waals surface area contributed by atoms with Gasteiger partial charge in [0.1, 0.15) is 5.60 Å². The number of aromatic nitrogens is 1. The molecular formula is C21H26BrN3O2. The summed E-state index contributed by atoms with van der Waals surface area (Å²) in [5.74, 6) is 0. The number of nitrogens with zero attached hydrogens (tertiary/aromatic N) is 3. The largest absolute Gasteiger partial charge is 0.444 e. The maximum atomic E-state index is 12.5. The van der Waals surface area contributed by atoms with Crippen molar-refractivity contribution in [3.8, 4) is 0 Å². The van der Waals surface area contributed by atoms with Crippen LogP contribution in [0.5, 0.6) is 0 Å². The number of carbonyl (C=O) groups excluding carboxylic acids is 1. The summed E-state index contributed by atoms with van der Waals surface area (Å²) in [6, 6.07) is 4.62. The normalized spacial score (nSPS) is 20.1. The van der Waals surface area contributed by atoms with Crippen LogP contribution in [0.2, 0.25) is 0 Å². The van der Waals surface area contributed by atoms with Crippen LogP contribution < -0.4 is 4.90 Å². The summed E-state index contributed by atoms with van der Waals surface area (Å²) in [7, 11) is 0. The van der Waals surface area contributed by atoms with Crippen LogP contribution in [-0.4, -0.2) is 47.3 Å². The van der Waals surface area contributed by atoms with E-state index >= 15 is 0 Å². The number of pyridine rings is 1. The Morgan fingerprint density at radius 2 is 2.07 bits per heavy atom. The fourth-order valence-corrected chi connectivity index (χ4v) is 4.62. The van der Waals surface area contributed by atoms with Crippen LogP contribution in [0.25, 0.3) is 10.8 Å². The molecule has 0 radical (unpaired) electrons. The van der Waals surface area contributed by atoms with Gasteiger partial charge < -0.3 is 14.5 Å². The molecule has 5 nitrogen and oxygen atoms in total. The average molecular weight is 432 g/mol. The van der Waals surface area contributed by atoms with E-state index in [1.165, 1.54) is 16.6 Å². The maximum absolute atomic E-state index is 12.5. The van der Waals surface area contributed by atoms with Crippen molar-refractivity contribution < 1.29 is 9.53 Å². The van der Waals surface area contributed by atoms with Crippen molar-refractivity contribution in [1.29, 1.82) is 0 Å². The number of hydrogen-bond donors (Lipinski definition) is 0. The number of rotatable bonds is 1. The zero-order chi connectivity index (χ0) is 19.2. The van der Waals surface area contributed by atoms with Gasteiger partial charge >= 0.3 is 6.09 Å². The number of piperidine rings is 1. The van der Waals surface area contributed by atoms with Gasteiger partial charge in [-0.1, -0.05) is 15.9 Å². The lowest BCUT2D eigenvalue weighted by atomic mass is 9.95. The molecule has 4 rings (SSSR count). The van der Waals surface area contributed by atoms with E-state index < -0.39 is 5.60 Å². The van der Waals surface area contributed by atoms with Crippen LogP contribution in [0.4, 0.5) is 10.5 Å². The first kappa shape index (κ1) is 18.5. The smallest absolute Gasteiger partial charge is 0.410 e. The molecular weight excluding hydrogens is 406 g/mol. The molecule has 1 amide bonds. The number of hydrogen-bond acceptors (Lipinski definition) is 4. The Labute approximate surface area is 168 Å². The van der Waals surface area contributed by atoms with E-state index in [4.69, 9.17) is 4.74 Å². The lowest BCUT2D eigenvalue weighted by Gasteiger charge is -2.43. The molecule has 3 heterocycles. The highest BCUT2D eigenvalue weighted by molar-refractivity contribution is 9.10. The minimum absolute atomic E-state index is 0.199. The van der Waals surface area contributed by atoms with Gasteiger partial charge in [-0.05, 0) is 57.7 Å². The summed E-state index contributed by atoms with van der Waals surface area (Å²) < 4.78 is 6.68. The first-order chi connectivity index (χ1) is 12.8. The van der Waals surface area contributed by atoms with Crippen molar-refractivity contribution in [1.82, 2.24) is 9.88 Å².